The van der Waals surface area contributed by atoms with Crippen LogP contribution in [0.5, 0.6) is 0 Å². The van der Waals surface area contributed by atoms with E-state index in [9.17, 15) is 9.59 Å². The minimum atomic E-state index is -0.803. The number of fused-ring (bicyclic) bond motifs is 2. The zero-order chi connectivity index (χ0) is 21.4. The van der Waals surface area contributed by atoms with Crippen molar-refractivity contribution in [1.29, 1.82) is 0 Å². The molecule has 2 amide bonds. The molecule has 2 aromatic carbocycles. The molecule has 0 aliphatic heterocycles. The highest BCUT2D eigenvalue weighted by molar-refractivity contribution is 6.43. The van der Waals surface area contributed by atoms with Crippen molar-refractivity contribution >= 4 is 68.8 Å². The highest BCUT2D eigenvalue weighted by Gasteiger charge is 2.15. The number of nitrogens with zero attached hydrogens (tertiary/aromatic N) is 2. The van der Waals surface area contributed by atoms with Crippen LogP contribution < -0.4 is 22.1 Å². The summed E-state index contributed by atoms with van der Waals surface area (Å²) in [5.41, 5.74) is 17.1. The van der Waals surface area contributed by atoms with Crippen molar-refractivity contribution in [2.24, 2.45) is 0 Å². The van der Waals surface area contributed by atoms with Gasteiger partial charge in [-0.15, -0.1) is 12.4 Å². The SMILES string of the molecule is Cc1cc(N)c2cc(NC(=O)C(=O)Nc3ccc4nc(C)cc(N)c4c3)ccc2n1.Cl. The summed E-state index contributed by atoms with van der Waals surface area (Å²) in [6.07, 6.45) is 0. The van der Waals surface area contributed by atoms with E-state index in [0.29, 0.717) is 44.6 Å². The Labute approximate surface area is 184 Å². The monoisotopic (exact) mass is 436 g/mol. The Balaban J connectivity index is 0.00000272. The van der Waals surface area contributed by atoms with Crippen LogP contribution in [-0.2, 0) is 9.59 Å². The first kappa shape index (κ1) is 21.8. The number of aryl methyl sites for hydroxylation is 2. The lowest BCUT2D eigenvalue weighted by Gasteiger charge is -2.10. The fourth-order valence-electron chi connectivity index (χ4n) is 3.31. The van der Waals surface area contributed by atoms with Crippen LogP contribution in [0.15, 0.2) is 48.5 Å². The Hall–Kier alpha value is -3.91. The van der Waals surface area contributed by atoms with Gasteiger partial charge >= 0.3 is 11.8 Å². The number of carbonyl (C=O) groups excluding carboxylic acids is 2. The average Bonchev–Trinajstić information content (AvgIpc) is 2.68. The number of hydrogen-bond donors (Lipinski definition) is 4. The van der Waals surface area contributed by atoms with Gasteiger partial charge in [-0.3, -0.25) is 19.6 Å². The van der Waals surface area contributed by atoms with E-state index in [2.05, 4.69) is 20.6 Å². The second-order valence-corrected chi connectivity index (χ2v) is 7.08. The van der Waals surface area contributed by atoms with Gasteiger partial charge in [0.25, 0.3) is 0 Å². The molecule has 2 heterocycles. The summed E-state index contributed by atoms with van der Waals surface area (Å²) >= 11 is 0. The first-order valence-corrected chi connectivity index (χ1v) is 9.26. The molecule has 0 saturated heterocycles. The smallest absolute Gasteiger partial charge is 0.314 e. The molecule has 0 aliphatic carbocycles. The molecule has 9 heteroatoms. The molecule has 0 radical (unpaired) electrons. The Kier molecular flexibility index (Phi) is 5.94. The van der Waals surface area contributed by atoms with Gasteiger partial charge in [0.05, 0.1) is 11.0 Å². The summed E-state index contributed by atoms with van der Waals surface area (Å²) in [7, 11) is 0. The molecule has 158 valence electrons. The number of carbonyl (C=O) groups is 2. The summed E-state index contributed by atoms with van der Waals surface area (Å²) < 4.78 is 0. The summed E-state index contributed by atoms with van der Waals surface area (Å²) in [6.45, 7) is 3.71. The number of aromatic nitrogens is 2. The summed E-state index contributed by atoms with van der Waals surface area (Å²) in [4.78, 5) is 33.5. The maximum absolute atomic E-state index is 12.4. The van der Waals surface area contributed by atoms with Gasteiger partial charge in [-0.2, -0.15) is 0 Å². The molecular formula is C22H21ClN6O2. The van der Waals surface area contributed by atoms with Crippen LogP contribution in [-0.4, -0.2) is 21.8 Å². The molecule has 8 nitrogen and oxygen atoms in total. The summed E-state index contributed by atoms with van der Waals surface area (Å²) in [5.74, 6) is -1.61. The molecule has 0 aliphatic rings. The third kappa shape index (κ3) is 4.49. The van der Waals surface area contributed by atoms with Crippen LogP contribution in [0.2, 0.25) is 0 Å². The van der Waals surface area contributed by atoms with Gasteiger partial charge in [0.1, 0.15) is 0 Å². The van der Waals surface area contributed by atoms with E-state index in [1.165, 1.54) is 0 Å². The standard InChI is InChI=1S/C22H20N6O2.ClH/c1-11-7-17(23)15-9-13(3-5-19(15)25-11)27-21(29)22(30)28-14-4-6-20-16(10-14)18(24)8-12(2)26-20;/h3-10H,1-2H3,(H2,23,25)(H2,24,26)(H,27,29)(H,28,30);1H. The number of nitrogens with one attached hydrogen (secondary N) is 2. The van der Waals surface area contributed by atoms with Gasteiger partial charge in [0.15, 0.2) is 0 Å². The zero-order valence-electron chi connectivity index (χ0n) is 16.9. The van der Waals surface area contributed by atoms with Crippen LogP contribution in [0.1, 0.15) is 11.4 Å². The first-order valence-electron chi connectivity index (χ1n) is 9.26. The van der Waals surface area contributed by atoms with E-state index in [-0.39, 0.29) is 12.4 Å². The third-order valence-corrected chi connectivity index (χ3v) is 4.66. The number of nitrogens with two attached hydrogens (primary N) is 2. The van der Waals surface area contributed by atoms with E-state index >= 15 is 0 Å². The summed E-state index contributed by atoms with van der Waals surface area (Å²) in [5, 5.41) is 6.56. The molecule has 0 spiro atoms. The topological polar surface area (TPSA) is 136 Å². The lowest BCUT2D eigenvalue weighted by atomic mass is 10.1. The maximum atomic E-state index is 12.4. The normalized spacial score (nSPS) is 10.5. The highest BCUT2D eigenvalue weighted by atomic mass is 35.5. The van der Waals surface area contributed by atoms with Crippen LogP contribution in [0.25, 0.3) is 21.8 Å². The molecule has 0 atom stereocenters. The van der Waals surface area contributed by atoms with E-state index in [0.717, 1.165) is 11.4 Å². The molecule has 0 fully saturated rings. The number of amides is 2. The van der Waals surface area contributed by atoms with Gasteiger partial charge in [-0.25, -0.2) is 0 Å². The minimum Gasteiger partial charge on any atom is -0.398 e. The van der Waals surface area contributed by atoms with Crippen molar-refractivity contribution in [2.45, 2.75) is 13.8 Å². The van der Waals surface area contributed by atoms with E-state index in [4.69, 9.17) is 11.5 Å². The first-order chi connectivity index (χ1) is 14.3. The maximum Gasteiger partial charge on any atom is 0.314 e. The van der Waals surface area contributed by atoms with E-state index in [1.54, 1.807) is 48.5 Å². The number of hydrogen-bond acceptors (Lipinski definition) is 6. The molecule has 0 unspecified atom stereocenters. The molecule has 0 saturated carbocycles. The van der Waals surface area contributed by atoms with Crippen molar-refractivity contribution in [3.05, 3.63) is 59.9 Å². The van der Waals surface area contributed by atoms with Crippen molar-refractivity contribution in [3.63, 3.8) is 0 Å². The van der Waals surface area contributed by atoms with Crippen molar-refractivity contribution in [1.82, 2.24) is 9.97 Å². The van der Waals surface area contributed by atoms with Gasteiger partial charge < -0.3 is 22.1 Å². The Morgan fingerprint density at radius 1 is 0.710 bits per heavy atom. The van der Waals surface area contributed by atoms with E-state index in [1.807, 2.05) is 13.8 Å². The molecule has 4 rings (SSSR count). The molecule has 2 aromatic heterocycles. The zero-order valence-corrected chi connectivity index (χ0v) is 17.7. The predicted octanol–water partition coefficient (Wildman–Crippen LogP) is 3.56. The van der Waals surface area contributed by atoms with Crippen molar-refractivity contribution in [2.75, 3.05) is 22.1 Å². The van der Waals surface area contributed by atoms with Gasteiger partial charge in [0.2, 0.25) is 0 Å². The number of rotatable bonds is 2. The molecule has 6 N–H and O–H groups in total. The fourth-order valence-corrected chi connectivity index (χ4v) is 3.31. The number of nitrogen functional groups attached to an aromatic ring is 2. The second-order valence-electron chi connectivity index (χ2n) is 7.08. The van der Waals surface area contributed by atoms with Gasteiger partial charge in [-0.1, -0.05) is 0 Å². The number of benzene rings is 2. The number of halogens is 1. The number of pyridine rings is 2. The Morgan fingerprint density at radius 3 is 1.48 bits per heavy atom. The van der Waals surface area contributed by atoms with Crippen LogP contribution in [0, 0.1) is 13.8 Å². The van der Waals surface area contributed by atoms with Crippen molar-refractivity contribution in [3.8, 4) is 0 Å². The van der Waals surface area contributed by atoms with Gasteiger partial charge in [0, 0.05) is 44.9 Å². The predicted molar refractivity (Wildman–Crippen MR) is 126 cm³/mol. The average molecular weight is 437 g/mol. The molecular weight excluding hydrogens is 416 g/mol. The van der Waals surface area contributed by atoms with E-state index < -0.39 is 11.8 Å². The van der Waals surface area contributed by atoms with Crippen LogP contribution in [0.3, 0.4) is 0 Å². The lowest BCUT2D eigenvalue weighted by Crippen LogP contribution is -2.29. The highest BCUT2D eigenvalue weighted by Crippen LogP contribution is 2.25. The largest absolute Gasteiger partial charge is 0.398 e. The molecule has 31 heavy (non-hydrogen) atoms. The molecule has 0 bridgehead atoms. The Morgan fingerprint density at radius 2 is 1.10 bits per heavy atom. The molecule has 4 aromatic rings. The fraction of sp³-hybridized carbons (Fsp3) is 0.0909. The van der Waals surface area contributed by atoms with Crippen LogP contribution >= 0.6 is 12.4 Å². The lowest BCUT2D eigenvalue weighted by molar-refractivity contribution is -0.132. The van der Waals surface area contributed by atoms with Crippen molar-refractivity contribution < 1.29 is 9.59 Å². The van der Waals surface area contributed by atoms with Gasteiger partial charge in [-0.05, 0) is 62.4 Å². The quantitative estimate of drug-likeness (QED) is 0.354. The minimum absolute atomic E-state index is 0. The number of anilines is 4. The van der Waals surface area contributed by atoms with Crippen LogP contribution in [0.4, 0.5) is 22.7 Å². The second kappa shape index (κ2) is 8.45. The third-order valence-electron chi connectivity index (χ3n) is 4.66. The summed E-state index contributed by atoms with van der Waals surface area (Å²) in [6, 6.07) is 13.7. The Bertz CT molecular complexity index is 1240.